The summed E-state index contributed by atoms with van der Waals surface area (Å²) in [5.74, 6) is 0.712. The Morgan fingerprint density at radius 1 is 1.33 bits per heavy atom. The fourth-order valence-electron chi connectivity index (χ4n) is 1.95. The van der Waals surface area contributed by atoms with E-state index in [2.05, 4.69) is 5.32 Å². The molecule has 1 aromatic carbocycles. The molecule has 0 aromatic heterocycles. The first kappa shape index (κ1) is 17.8. The number of rotatable bonds is 7. The quantitative estimate of drug-likeness (QED) is 0.813. The molecule has 1 aromatic rings. The number of halogens is 1. The van der Waals surface area contributed by atoms with Gasteiger partial charge in [0, 0.05) is 5.02 Å². The molecule has 118 valence electrons. The average Bonchev–Trinajstić information content (AvgIpc) is 2.39. The van der Waals surface area contributed by atoms with Crippen LogP contribution in [-0.2, 0) is 4.79 Å². The molecule has 5 heteroatoms. The summed E-state index contributed by atoms with van der Waals surface area (Å²) in [6.45, 7) is 7.40. The second-order valence-electron chi connectivity index (χ2n) is 6.05. The highest BCUT2D eigenvalue weighted by Gasteiger charge is 2.31. The minimum absolute atomic E-state index is 0.0824. The summed E-state index contributed by atoms with van der Waals surface area (Å²) < 4.78 is 5.72. The van der Waals surface area contributed by atoms with Crippen LogP contribution < -0.4 is 10.1 Å². The lowest BCUT2D eigenvalue weighted by molar-refractivity contribution is -0.135. The van der Waals surface area contributed by atoms with Gasteiger partial charge in [-0.2, -0.15) is 0 Å². The molecule has 1 amide bonds. The van der Waals surface area contributed by atoms with Crippen molar-refractivity contribution in [3.63, 3.8) is 0 Å². The van der Waals surface area contributed by atoms with Crippen LogP contribution in [0.1, 0.15) is 34.1 Å². The average molecular weight is 314 g/mol. The van der Waals surface area contributed by atoms with Crippen molar-refractivity contribution >= 4 is 17.5 Å². The Morgan fingerprint density at radius 2 is 1.90 bits per heavy atom. The summed E-state index contributed by atoms with van der Waals surface area (Å²) in [7, 11) is 0. The van der Waals surface area contributed by atoms with E-state index in [-0.39, 0.29) is 18.6 Å². The molecule has 0 aliphatic carbocycles. The normalized spacial score (nSPS) is 13.1. The smallest absolute Gasteiger partial charge is 0.263 e. The summed E-state index contributed by atoms with van der Waals surface area (Å²) in [5, 5.41) is 12.8. The van der Waals surface area contributed by atoms with Gasteiger partial charge in [0.1, 0.15) is 5.75 Å². The first-order valence-electron chi connectivity index (χ1n) is 7.11. The Balaban J connectivity index is 2.67. The standard InChI is InChI=1S/C16H24ClNO3/c1-11(2)9-13(10-19)18-15(20)16(3,4)21-14-7-5-12(17)6-8-14/h5-8,11,13,19H,9-10H2,1-4H3,(H,18,20). The van der Waals surface area contributed by atoms with Crippen LogP contribution in [0.25, 0.3) is 0 Å². The van der Waals surface area contributed by atoms with E-state index in [1.54, 1.807) is 38.1 Å². The number of carbonyl (C=O) groups is 1. The predicted molar refractivity (Wildman–Crippen MR) is 84.6 cm³/mol. The Morgan fingerprint density at radius 3 is 2.38 bits per heavy atom. The Bertz CT molecular complexity index is 457. The van der Waals surface area contributed by atoms with Gasteiger partial charge in [-0.3, -0.25) is 4.79 Å². The number of aliphatic hydroxyl groups is 1. The van der Waals surface area contributed by atoms with E-state index in [9.17, 15) is 9.90 Å². The van der Waals surface area contributed by atoms with Gasteiger partial charge in [0.05, 0.1) is 12.6 Å². The first-order valence-corrected chi connectivity index (χ1v) is 7.49. The minimum atomic E-state index is -1.03. The lowest BCUT2D eigenvalue weighted by Crippen LogP contribution is -2.51. The second kappa shape index (κ2) is 7.66. The molecule has 0 heterocycles. The lowest BCUT2D eigenvalue weighted by atomic mass is 10.0. The molecule has 0 saturated heterocycles. The van der Waals surface area contributed by atoms with Crippen LogP contribution >= 0.6 is 11.6 Å². The number of benzene rings is 1. The molecule has 0 aliphatic rings. The minimum Gasteiger partial charge on any atom is -0.478 e. The number of hydrogen-bond acceptors (Lipinski definition) is 3. The van der Waals surface area contributed by atoms with Gasteiger partial charge in [-0.1, -0.05) is 25.4 Å². The Labute approximate surface area is 131 Å². The van der Waals surface area contributed by atoms with E-state index in [1.807, 2.05) is 13.8 Å². The van der Waals surface area contributed by atoms with Crippen molar-refractivity contribution in [2.24, 2.45) is 5.92 Å². The molecule has 4 nitrogen and oxygen atoms in total. The first-order chi connectivity index (χ1) is 9.74. The highest BCUT2D eigenvalue weighted by molar-refractivity contribution is 6.30. The zero-order valence-electron chi connectivity index (χ0n) is 13.0. The Kier molecular flexibility index (Phi) is 6.49. The van der Waals surface area contributed by atoms with E-state index in [4.69, 9.17) is 16.3 Å². The SMILES string of the molecule is CC(C)CC(CO)NC(=O)C(C)(C)Oc1ccc(Cl)cc1. The van der Waals surface area contributed by atoms with Gasteiger partial charge in [0.15, 0.2) is 5.60 Å². The maximum absolute atomic E-state index is 12.3. The third kappa shape index (κ3) is 5.94. The molecule has 1 rings (SSSR count). The number of nitrogens with one attached hydrogen (secondary N) is 1. The number of amides is 1. The molecule has 21 heavy (non-hydrogen) atoms. The van der Waals surface area contributed by atoms with Gasteiger partial charge < -0.3 is 15.2 Å². The van der Waals surface area contributed by atoms with E-state index in [0.717, 1.165) is 6.42 Å². The van der Waals surface area contributed by atoms with E-state index in [1.165, 1.54) is 0 Å². The number of carbonyl (C=O) groups excluding carboxylic acids is 1. The molecule has 0 fully saturated rings. The summed E-state index contributed by atoms with van der Waals surface area (Å²) in [5.41, 5.74) is -1.03. The monoisotopic (exact) mass is 313 g/mol. The van der Waals surface area contributed by atoms with Crippen molar-refractivity contribution in [1.82, 2.24) is 5.32 Å². The number of aliphatic hydroxyl groups excluding tert-OH is 1. The fourth-order valence-corrected chi connectivity index (χ4v) is 2.08. The topological polar surface area (TPSA) is 58.6 Å². The van der Waals surface area contributed by atoms with Gasteiger partial charge in [0.25, 0.3) is 5.91 Å². The van der Waals surface area contributed by atoms with Crippen LogP contribution in [0, 0.1) is 5.92 Å². The molecule has 0 bridgehead atoms. The van der Waals surface area contributed by atoms with Crippen LogP contribution in [0.4, 0.5) is 0 Å². The summed E-state index contributed by atoms with van der Waals surface area (Å²) in [4.78, 5) is 12.3. The zero-order chi connectivity index (χ0) is 16.0. The van der Waals surface area contributed by atoms with Crippen LogP contribution in [0.2, 0.25) is 5.02 Å². The largest absolute Gasteiger partial charge is 0.478 e. The predicted octanol–water partition coefficient (Wildman–Crippen LogP) is 3.02. The molecule has 1 atom stereocenters. The van der Waals surface area contributed by atoms with Crippen molar-refractivity contribution < 1.29 is 14.6 Å². The zero-order valence-corrected chi connectivity index (χ0v) is 13.8. The van der Waals surface area contributed by atoms with E-state index >= 15 is 0 Å². The van der Waals surface area contributed by atoms with Crippen molar-refractivity contribution in [2.45, 2.75) is 45.8 Å². The van der Waals surface area contributed by atoms with Crippen molar-refractivity contribution in [3.8, 4) is 5.75 Å². The van der Waals surface area contributed by atoms with Crippen molar-refractivity contribution in [3.05, 3.63) is 29.3 Å². The molecule has 2 N–H and O–H groups in total. The molecule has 0 saturated carbocycles. The maximum Gasteiger partial charge on any atom is 0.263 e. The van der Waals surface area contributed by atoms with Crippen LogP contribution in [0.15, 0.2) is 24.3 Å². The van der Waals surface area contributed by atoms with Gasteiger partial charge in [-0.25, -0.2) is 0 Å². The van der Waals surface area contributed by atoms with Crippen molar-refractivity contribution in [2.75, 3.05) is 6.61 Å². The molecule has 0 aliphatic heterocycles. The maximum atomic E-state index is 12.3. The van der Waals surface area contributed by atoms with Gasteiger partial charge in [-0.05, 0) is 50.5 Å². The van der Waals surface area contributed by atoms with Gasteiger partial charge in [-0.15, -0.1) is 0 Å². The number of ether oxygens (including phenoxy) is 1. The van der Waals surface area contributed by atoms with E-state index < -0.39 is 5.60 Å². The highest BCUT2D eigenvalue weighted by Crippen LogP contribution is 2.21. The summed E-state index contributed by atoms with van der Waals surface area (Å²) >= 11 is 5.82. The molecular weight excluding hydrogens is 290 g/mol. The summed E-state index contributed by atoms with van der Waals surface area (Å²) in [6, 6.07) is 6.59. The van der Waals surface area contributed by atoms with Crippen LogP contribution in [0.3, 0.4) is 0 Å². The van der Waals surface area contributed by atoms with Gasteiger partial charge >= 0.3 is 0 Å². The van der Waals surface area contributed by atoms with Gasteiger partial charge in [0.2, 0.25) is 0 Å². The lowest BCUT2D eigenvalue weighted by Gasteiger charge is -2.28. The Hall–Kier alpha value is -1.26. The second-order valence-corrected chi connectivity index (χ2v) is 6.49. The van der Waals surface area contributed by atoms with Crippen molar-refractivity contribution in [1.29, 1.82) is 0 Å². The fraction of sp³-hybridized carbons (Fsp3) is 0.562. The third-order valence-electron chi connectivity index (χ3n) is 3.04. The molecular formula is C16H24ClNO3. The molecule has 0 spiro atoms. The van der Waals surface area contributed by atoms with Crippen LogP contribution in [-0.4, -0.2) is 29.3 Å². The summed E-state index contributed by atoms with van der Waals surface area (Å²) in [6.07, 6.45) is 0.721. The molecule has 1 unspecified atom stereocenters. The van der Waals surface area contributed by atoms with E-state index in [0.29, 0.717) is 16.7 Å². The highest BCUT2D eigenvalue weighted by atomic mass is 35.5. The molecule has 0 radical (unpaired) electrons. The third-order valence-corrected chi connectivity index (χ3v) is 3.30. The number of hydrogen-bond donors (Lipinski definition) is 2. The van der Waals surface area contributed by atoms with Crippen LogP contribution in [0.5, 0.6) is 5.75 Å².